The van der Waals surface area contributed by atoms with Gasteiger partial charge in [0.15, 0.2) is 11.6 Å². The Morgan fingerprint density at radius 2 is 1.32 bits per heavy atom. The van der Waals surface area contributed by atoms with Crippen LogP contribution in [0.15, 0.2) is 66.7 Å². The largest absolute Gasteiger partial charge is 0.573 e. The Bertz CT molecular complexity index is 1370. The molecule has 4 rings (SSSR count). The summed E-state index contributed by atoms with van der Waals surface area (Å²) in [5.41, 5.74) is 2.66. The van der Waals surface area contributed by atoms with E-state index in [0.717, 1.165) is 48.1 Å². The first-order valence-electron chi connectivity index (χ1n) is 12.3. The molecule has 0 unspecified atom stereocenters. The molecule has 0 saturated heterocycles. The lowest BCUT2D eigenvalue weighted by molar-refractivity contribution is -0.276. The molecule has 0 aliphatic heterocycles. The van der Waals surface area contributed by atoms with Crippen molar-refractivity contribution in [1.29, 1.82) is 0 Å². The number of hydrogen-bond acceptors (Lipinski definition) is 2. The molecule has 0 radical (unpaired) electrons. The fourth-order valence-corrected chi connectivity index (χ4v) is 4.24. The van der Waals surface area contributed by atoms with Gasteiger partial charge in [-0.05, 0) is 84.0 Å². The van der Waals surface area contributed by atoms with Crippen LogP contribution in [0.5, 0.6) is 11.5 Å². The van der Waals surface area contributed by atoms with Crippen LogP contribution in [-0.2, 0) is 25.7 Å². The first kappa shape index (κ1) is 27.4. The molecule has 0 atom stereocenters. The number of fused-ring (bicyclic) bond motifs is 1. The summed E-state index contributed by atoms with van der Waals surface area (Å²) < 4.78 is 89.2. The molecule has 4 aromatic rings. The number of alkyl halides is 3. The van der Waals surface area contributed by atoms with E-state index in [1.54, 1.807) is 18.2 Å². The molecule has 0 bridgehead atoms. The second-order valence-electron chi connectivity index (χ2n) is 9.02. The number of benzene rings is 4. The van der Waals surface area contributed by atoms with Gasteiger partial charge in [0, 0.05) is 5.39 Å². The molecule has 4 aromatic carbocycles. The number of aryl methyl sites for hydroxylation is 4. The Hall–Kier alpha value is -3.68. The van der Waals surface area contributed by atoms with E-state index in [2.05, 4.69) is 11.7 Å². The van der Waals surface area contributed by atoms with Gasteiger partial charge < -0.3 is 9.47 Å². The second kappa shape index (κ2) is 11.8. The van der Waals surface area contributed by atoms with Gasteiger partial charge in [-0.1, -0.05) is 49.4 Å². The lowest BCUT2D eigenvalue weighted by Gasteiger charge is -2.12. The zero-order chi connectivity index (χ0) is 27.3. The van der Waals surface area contributed by atoms with Gasteiger partial charge in [0.25, 0.3) is 0 Å². The quantitative estimate of drug-likeness (QED) is 0.191. The van der Waals surface area contributed by atoms with Crippen LogP contribution in [0.25, 0.3) is 10.8 Å². The predicted molar refractivity (Wildman–Crippen MR) is 134 cm³/mol. The van der Waals surface area contributed by atoms with Crippen molar-refractivity contribution in [2.75, 3.05) is 6.61 Å². The smallest absolute Gasteiger partial charge is 0.494 e. The molecule has 0 fully saturated rings. The lowest BCUT2D eigenvalue weighted by atomic mass is 9.97. The monoisotopic (exact) mass is 532 g/mol. The van der Waals surface area contributed by atoms with Crippen LogP contribution in [0.4, 0.5) is 26.3 Å². The van der Waals surface area contributed by atoms with Gasteiger partial charge in [-0.15, -0.1) is 13.2 Å². The molecule has 0 N–H and O–H groups in total. The summed E-state index contributed by atoms with van der Waals surface area (Å²) in [5, 5.41) is 1.16. The normalized spacial score (nSPS) is 11.7. The topological polar surface area (TPSA) is 18.5 Å². The Morgan fingerprint density at radius 1 is 0.684 bits per heavy atom. The molecule has 0 aliphatic carbocycles. The average molecular weight is 533 g/mol. The standard InChI is InChI=1S/C30H26F6O2/c1-2-15-37-24-12-6-19(7-13-24)3-4-20-8-14-25-23(16-20)11-10-22(28(25)33)9-5-21-17-26(31)29(27(32)18-21)38-30(34,35)36/h6-8,10-14,16-18H,2-5,9,15H2,1H3. The number of rotatable bonds is 10. The van der Waals surface area contributed by atoms with E-state index in [9.17, 15) is 22.0 Å². The van der Waals surface area contributed by atoms with Crippen LogP contribution < -0.4 is 9.47 Å². The molecular weight excluding hydrogens is 506 g/mol. The molecule has 2 nitrogen and oxygen atoms in total. The van der Waals surface area contributed by atoms with Crippen molar-refractivity contribution in [1.82, 2.24) is 0 Å². The third-order valence-electron chi connectivity index (χ3n) is 6.16. The van der Waals surface area contributed by atoms with Crippen LogP contribution in [0, 0.1) is 17.5 Å². The summed E-state index contributed by atoms with van der Waals surface area (Å²) in [6, 6.07) is 18.4. The van der Waals surface area contributed by atoms with Crippen LogP contribution in [-0.4, -0.2) is 13.0 Å². The number of hydrogen-bond donors (Lipinski definition) is 0. The third kappa shape index (κ3) is 7.00. The zero-order valence-corrected chi connectivity index (χ0v) is 20.7. The second-order valence-corrected chi connectivity index (χ2v) is 9.02. The molecule has 0 spiro atoms. The highest BCUT2D eigenvalue weighted by atomic mass is 19.4. The predicted octanol–water partition coefficient (Wildman–Crippen LogP) is 8.51. The molecule has 0 aliphatic rings. The number of ether oxygens (including phenoxy) is 2. The van der Waals surface area contributed by atoms with E-state index in [1.807, 2.05) is 36.4 Å². The van der Waals surface area contributed by atoms with E-state index < -0.39 is 29.6 Å². The summed E-state index contributed by atoms with van der Waals surface area (Å²) in [7, 11) is 0. The average Bonchev–Trinajstić information content (AvgIpc) is 2.88. The van der Waals surface area contributed by atoms with Gasteiger partial charge in [-0.3, -0.25) is 0 Å². The van der Waals surface area contributed by atoms with Gasteiger partial charge in [0.05, 0.1) is 6.61 Å². The van der Waals surface area contributed by atoms with Crippen molar-refractivity contribution in [2.45, 2.75) is 45.4 Å². The molecular formula is C30H26F6O2. The van der Waals surface area contributed by atoms with Crippen molar-refractivity contribution in [2.24, 2.45) is 0 Å². The van der Waals surface area contributed by atoms with Crippen molar-refractivity contribution in [3.05, 3.63) is 106 Å². The lowest BCUT2D eigenvalue weighted by Crippen LogP contribution is -2.19. The van der Waals surface area contributed by atoms with Crippen LogP contribution in [0.2, 0.25) is 0 Å². The van der Waals surface area contributed by atoms with Crippen LogP contribution >= 0.6 is 0 Å². The molecule has 0 saturated carbocycles. The highest BCUT2D eigenvalue weighted by Crippen LogP contribution is 2.30. The van der Waals surface area contributed by atoms with Crippen molar-refractivity contribution >= 4 is 10.8 Å². The maximum absolute atomic E-state index is 15.2. The first-order valence-corrected chi connectivity index (χ1v) is 12.3. The van der Waals surface area contributed by atoms with Gasteiger partial charge in [0.1, 0.15) is 11.6 Å². The number of halogens is 6. The van der Waals surface area contributed by atoms with Crippen LogP contribution in [0.1, 0.15) is 35.6 Å². The Morgan fingerprint density at radius 3 is 1.97 bits per heavy atom. The summed E-state index contributed by atoms with van der Waals surface area (Å²) in [4.78, 5) is 0. The Labute approximate surface area is 216 Å². The SMILES string of the molecule is CCCOc1ccc(CCc2ccc3c(F)c(CCc4cc(F)c(OC(F)(F)F)c(F)c4)ccc3c2)cc1. The van der Waals surface area contributed by atoms with E-state index in [0.29, 0.717) is 17.6 Å². The van der Waals surface area contributed by atoms with Crippen LogP contribution in [0.3, 0.4) is 0 Å². The summed E-state index contributed by atoms with van der Waals surface area (Å²) in [6.45, 7) is 2.73. The highest BCUT2D eigenvalue weighted by Gasteiger charge is 2.34. The third-order valence-corrected chi connectivity index (χ3v) is 6.16. The Balaban J connectivity index is 1.41. The maximum Gasteiger partial charge on any atom is 0.573 e. The van der Waals surface area contributed by atoms with Gasteiger partial charge in [-0.25, -0.2) is 13.2 Å². The minimum absolute atomic E-state index is 0.0307. The molecule has 0 heterocycles. The maximum atomic E-state index is 15.2. The van der Waals surface area contributed by atoms with Gasteiger partial charge >= 0.3 is 6.36 Å². The minimum Gasteiger partial charge on any atom is -0.494 e. The molecule has 38 heavy (non-hydrogen) atoms. The van der Waals surface area contributed by atoms with E-state index in [-0.39, 0.29) is 18.4 Å². The molecule has 0 aromatic heterocycles. The van der Waals surface area contributed by atoms with E-state index in [1.165, 1.54) is 5.56 Å². The molecule has 8 heteroatoms. The zero-order valence-electron chi connectivity index (χ0n) is 20.7. The van der Waals surface area contributed by atoms with E-state index >= 15 is 4.39 Å². The summed E-state index contributed by atoms with van der Waals surface area (Å²) in [6.07, 6.45) is -2.53. The molecule has 200 valence electrons. The fourth-order valence-electron chi connectivity index (χ4n) is 4.24. The first-order chi connectivity index (χ1) is 18.1. The van der Waals surface area contributed by atoms with E-state index in [4.69, 9.17) is 4.74 Å². The van der Waals surface area contributed by atoms with Crippen molar-refractivity contribution in [3.8, 4) is 11.5 Å². The molecule has 0 amide bonds. The Kier molecular flexibility index (Phi) is 8.49. The summed E-state index contributed by atoms with van der Waals surface area (Å²) >= 11 is 0. The van der Waals surface area contributed by atoms with Crippen molar-refractivity contribution in [3.63, 3.8) is 0 Å². The van der Waals surface area contributed by atoms with Crippen molar-refractivity contribution < 1.29 is 35.8 Å². The van der Waals surface area contributed by atoms with Gasteiger partial charge in [-0.2, -0.15) is 0 Å². The highest BCUT2D eigenvalue weighted by molar-refractivity contribution is 5.84. The van der Waals surface area contributed by atoms with Gasteiger partial charge in [0.2, 0.25) is 5.75 Å². The fraction of sp³-hybridized carbons (Fsp3) is 0.267. The summed E-state index contributed by atoms with van der Waals surface area (Å²) in [5.74, 6) is -4.04. The minimum atomic E-state index is -5.22.